The molecule has 118 valence electrons. The number of carbonyl (C=O) groups excluding carboxylic acids is 2. The van der Waals surface area contributed by atoms with Crippen molar-refractivity contribution in [1.82, 2.24) is 10.2 Å². The Morgan fingerprint density at radius 2 is 1.91 bits per heavy atom. The number of aryl methyl sites for hydroxylation is 1. The Hall–Kier alpha value is -2.10. The predicted octanol–water partition coefficient (Wildman–Crippen LogP) is 2.65. The van der Waals surface area contributed by atoms with E-state index in [4.69, 9.17) is 0 Å². The minimum Gasteiger partial charge on any atom is -0.332 e. The summed E-state index contributed by atoms with van der Waals surface area (Å²) in [5, 5.41) is 2.89. The van der Waals surface area contributed by atoms with Gasteiger partial charge in [0.25, 0.3) is 5.91 Å². The van der Waals surface area contributed by atoms with Gasteiger partial charge in [-0.15, -0.1) is 0 Å². The average Bonchev–Trinajstić information content (AvgIpc) is 2.70. The normalized spacial score (nSPS) is 19.5. The summed E-state index contributed by atoms with van der Waals surface area (Å²) >= 11 is 0. The molecule has 0 aromatic heterocycles. The summed E-state index contributed by atoms with van der Waals surface area (Å²) < 4.78 is 0. The van der Waals surface area contributed by atoms with Crippen LogP contribution < -0.4 is 5.32 Å². The monoisotopic (exact) mass is 300 g/mol. The van der Waals surface area contributed by atoms with Crippen LogP contribution in [0, 0.1) is 0 Å². The molecule has 4 nitrogen and oxygen atoms in total. The first-order chi connectivity index (χ1) is 10.4. The largest absolute Gasteiger partial charge is 0.332 e. The third-order valence-corrected chi connectivity index (χ3v) is 4.34. The molecular weight excluding hydrogens is 276 g/mol. The maximum absolute atomic E-state index is 12.5. The Morgan fingerprint density at radius 1 is 1.27 bits per heavy atom. The van der Waals surface area contributed by atoms with Gasteiger partial charge in [-0.3, -0.25) is 9.59 Å². The maximum atomic E-state index is 12.5. The van der Waals surface area contributed by atoms with E-state index in [1.165, 1.54) is 12.5 Å². The summed E-state index contributed by atoms with van der Waals surface area (Å²) in [4.78, 5) is 25.7. The first-order valence-corrected chi connectivity index (χ1v) is 7.73. The quantitative estimate of drug-likeness (QED) is 0.909. The molecular formula is C18H24N2O2. The molecule has 0 saturated heterocycles. The molecule has 0 radical (unpaired) electrons. The van der Waals surface area contributed by atoms with E-state index in [0.717, 1.165) is 24.0 Å². The highest BCUT2D eigenvalue weighted by Gasteiger charge is 2.37. The van der Waals surface area contributed by atoms with Gasteiger partial charge in [-0.05, 0) is 44.7 Å². The first kappa shape index (κ1) is 16.3. The lowest BCUT2D eigenvalue weighted by atomic mass is 10.0. The van der Waals surface area contributed by atoms with Gasteiger partial charge in [0.15, 0.2) is 0 Å². The van der Waals surface area contributed by atoms with Crippen molar-refractivity contribution in [3.63, 3.8) is 0 Å². The van der Waals surface area contributed by atoms with Gasteiger partial charge in [-0.25, -0.2) is 0 Å². The lowest BCUT2D eigenvalue weighted by molar-refractivity contribution is -0.131. The highest BCUT2D eigenvalue weighted by molar-refractivity contribution is 5.97. The average molecular weight is 300 g/mol. The summed E-state index contributed by atoms with van der Waals surface area (Å²) in [6, 6.07) is 10.3. The zero-order chi connectivity index (χ0) is 16.3. The van der Waals surface area contributed by atoms with Gasteiger partial charge < -0.3 is 10.2 Å². The molecule has 0 spiro atoms. The van der Waals surface area contributed by atoms with Crippen molar-refractivity contribution in [2.45, 2.75) is 52.7 Å². The highest BCUT2D eigenvalue weighted by Crippen LogP contribution is 2.27. The topological polar surface area (TPSA) is 49.4 Å². The van der Waals surface area contributed by atoms with Gasteiger partial charge in [0, 0.05) is 18.5 Å². The lowest BCUT2D eigenvalue weighted by Crippen LogP contribution is -2.50. The fraction of sp³-hybridized carbons (Fsp3) is 0.444. The third kappa shape index (κ3) is 3.38. The Bertz CT molecular complexity index is 592. The maximum Gasteiger partial charge on any atom is 0.251 e. The summed E-state index contributed by atoms with van der Waals surface area (Å²) in [5.74, 6) is -0.0936. The van der Waals surface area contributed by atoms with Crippen molar-refractivity contribution in [3.8, 4) is 0 Å². The van der Waals surface area contributed by atoms with Gasteiger partial charge in [0.1, 0.15) is 6.17 Å². The van der Waals surface area contributed by atoms with Crippen LogP contribution in [0.4, 0.5) is 0 Å². The minimum absolute atomic E-state index is 0.0248. The number of carbonyl (C=O) groups is 2. The van der Waals surface area contributed by atoms with E-state index in [0.29, 0.717) is 0 Å². The van der Waals surface area contributed by atoms with E-state index in [1.54, 1.807) is 4.90 Å². The molecule has 0 fully saturated rings. The van der Waals surface area contributed by atoms with Crippen molar-refractivity contribution < 1.29 is 9.59 Å². The molecule has 1 aliphatic heterocycles. The van der Waals surface area contributed by atoms with Gasteiger partial charge in [0.2, 0.25) is 5.91 Å². The third-order valence-electron chi connectivity index (χ3n) is 4.34. The number of nitrogens with zero attached hydrogens (tertiary/aromatic N) is 1. The van der Waals surface area contributed by atoms with Crippen molar-refractivity contribution >= 4 is 11.8 Å². The van der Waals surface area contributed by atoms with Crippen LogP contribution in [0.3, 0.4) is 0 Å². The molecule has 2 rings (SSSR count). The zero-order valence-electron chi connectivity index (χ0n) is 13.7. The van der Waals surface area contributed by atoms with Crippen molar-refractivity contribution in [2.75, 3.05) is 0 Å². The summed E-state index contributed by atoms with van der Waals surface area (Å²) in [6.07, 6.45) is 1.47. The van der Waals surface area contributed by atoms with Gasteiger partial charge >= 0.3 is 0 Å². The first-order valence-electron chi connectivity index (χ1n) is 7.73. The zero-order valence-corrected chi connectivity index (χ0v) is 13.7. The standard InChI is InChI=1S/C18H24N2O2/c1-12(10-11-16-8-6-5-7-9-16)20-17(19-15(4)21)13(2)14(3)18(20)22/h5-9,12,17H,10-11H2,1-4H3,(H,19,21). The minimum atomic E-state index is -0.309. The van der Waals surface area contributed by atoms with Crippen LogP contribution in [-0.4, -0.2) is 28.9 Å². The van der Waals surface area contributed by atoms with Crippen molar-refractivity contribution in [3.05, 3.63) is 47.0 Å². The molecule has 22 heavy (non-hydrogen) atoms. The second-order valence-corrected chi connectivity index (χ2v) is 6.00. The molecule has 1 aromatic rings. The lowest BCUT2D eigenvalue weighted by Gasteiger charge is -2.32. The molecule has 1 aromatic carbocycles. The number of hydrogen-bond donors (Lipinski definition) is 1. The number of benzene rings is 1. The van der Waals surface area contributed by atoms with E-state index in [9.17, 15) is 9.59 Å². The predicted molar refractivity (Wildman–Crippen MR) is 87.0 cm³/mol. The van der Waals surface area contributed by atoms with Crippen LogP contribution in [0.2, 0.25) is 0 Å². The second kappa shape index (κ2) is 6.77. The molecule has 4 heteroatoms. The molecule has 1 aliphatic rings. The number of rotatable bonds is 5. The summed E-state index contributed by atoms with van der Waals surface area (Å²) in [6.45, 7) is 7.27. The Kier molecular flexibility index (Phi) is 5.01. The van der Waals surface area contributed by atoms with Gasteiger partial charge in [0.05, 0.1) is 0 Å². The Morgan fingerprint density at radius 3 is 2.50 bits per heavy atom. The SMILES string of the molecule is CC(=O)NC1C(C)=C(C)C(=O)N1C(C)CCc1ccccc1. The summed E-state index contributed by atoms with van der Waals surface area (Å²) in [5.41, 5.74) is 2.94. The van der Waals surface area contributed by atoms with Gasteiger partial charge in [-0.2, -0.15) is 0 Å². The second-order valence-electron chi connectivity index (χ2n) is 6.00. The van der Waals surface area contributed by atoms with Crippen molar-refractivity contribution in [2.24, 2.45) is 0 Å². The molecule has 0 saturated carbocycles. The van der Waals surface area contributed by atoms with Crippen LogP contribution in [-0.2, 0) is 16.0 Å². The van der Waals surface area contributed by atoms with Crippen LogP contribution in [0.15, 0.2) is 41.5 Å². The Balaban J connectivity index is 2.08. The van der Waals surface area contributed by atoms with E-state index in [-0.39, 0.29) is 24.0 Å². The van der Waals surface area contributed by atoms with Crippen molar-refractivity contribution in [1.29, 1.82) is 0 Å². The van der Waals surface area contributed by atoms with E-state index in [2.05, 4.69) is 17.4 Å². The van der Waals surface area contributed by atoms with Gasteiger partial charge in [-0.1, -0.05) is 30.3 Å². The van der Waals surface area contributed by atoms with Crippen LogP contribution in [0.25, 0.3) is 0 Å². The molecule has 1 heterocycles. The molecule has 2 unspecified atom stereocenters. The highest BCUT2D eigenvalue weighted by atomic mass is 16.2. The fourth-order valence-corrected chi connectivity index (χ4v) is 2.88. The number of amides is 2. The number of nitrogens with one attached hydrogen (secondary N) is 1. The van der Waals surface area contributed by atoms with Crippen LogP contribution in [0.1, 0.15) is 39.7 Å². The smallest absolute Gasteiger partial charge is 0.251 e. The van der Waals surface area contributed by atoms with Crippen LogP contribution >= 0.6 is 0 Å². The van der Waals surface area contributed by atoms with E-state index < -0.39 is 0 Å². The Labute approximate surface area is 132 Å². The fourth-order valence-electron chi connectivity index (χ4n) is 2.88. The molecule has 0 bridgehead atoms. The molecule has 2 amide bonds. The van der Waals surface area contributed by atoms with E-state index in [1.807, 2.05) is 39.0 Å². The number of hydrogen-bond acceptors (Lipinski definition) is 2. The summed E-state index contributed by atoms with van der Waals surface area (Å²) in [7, 11) is 0. The van der Waals surface area contributed by atoms with E-state index >= 15 is 0 Å². The molecule has 0 aliphatic carbocycles. The van der Waals surface area contributed by atoms with Crippen LogP contribution in [0.5, 0.6) is 0 Å². The molecule has 1 N–H and O–H groups in total. The molecule has 2 atom stereocenters.